The Kier molecular flexibility index (Phi) is 3.28. The molecule has 1 heterocycles. The van der Waals surface area contributed by atoms with Crippen molar-refractivity contribution >= 4 is 23.0 Å². The van der Waals surface area contributed by atoms with Gasteiger partial charge in [-0.3, -0.25) is 15.8 Å². The highest BCUT2D eigenvalue weighted by Gasteiger charge is 1.89. The number of hydrogen-bond acceptors (Lipinski definition) is 3. The van der Waals surface area contributed by atoms with E-state index in [9.17, 15) is 0 Å². The van der Waals surface area contributed by atoms with Crippen LogP contribution in [-0.4, -0.2) is 17.1 Å². The molecule has 5 heteroatoms. The second-order valence-corrected chi connectivity index (χ2v) is 2.47. The average Bonchev–Trinajstić information content (AvgIpc) is 2.16. The van der Waals surface area contributed by atoms with Gasteiger partial charge in [0.1, 0.15) is 0 Å². The Balaban J connectivity index is 2.38. The van der Waals surface area contributed by atoms with Gasteiger partial charge >= 0.3 is 0 Å². The predicted molar refractivity (Wildman–Crippen MR) is 52.7 cm³/mol. The first-order chi connectivity index (χ1) is 5.83. The van der Waals surface area contributed by atoms with Crippen molar-refractivity contribution < 1.29 is 0 Å². The number of nitrogens with one attached hydrogen (secondary N) is 3. The summed E-state index contributed by atoms with van der Waals surface area (Å²) in [6.07, 6.45) is 3.40. The quantitative estimate of drug-likeness (QED) is 0.459. The summed E-state index contributed by atoms with van der Waals surface area (Å²) in [4.78, 5) is 3.88. The van der Waals surface area contributed by atoms with Gasteiger partial charge in [0.15, 0.2) is 5.11 Å². The first-order valence-corrected chi connectivity index (χ1v) is 3.87. The van der Waals surface area contributed by atoms with Crippen LogP contribution in [0.25, 0.3) is 0 Å². The second kappa shape index (κ2) is 4.50. The van der Waals surface area contributed by atoms with Gasteiger partial charge in [-0.15, -0.1) is 0 Å². The maximum absolute atomic E-state index is 4.85. The number of rotatable bonds is 2. The van der Waals surface area contributed by atoms with E-state index in [1.807, 2.05) is 12.1 Å². The van der Waals surface area contributed by atoms with E-state index in [0.29, 0.717) is 5.11 Å². The average molecular weight is 182 g/mol. The van der Waals surface area contributed by atoms with Crippen molar-refractivity contribution in [1.29, 1.82) is 0 Å². The number of pyridine rings is 1. The summed E-state index contributed by atoms with van der Waals surface area (Å²) in [5.74, 6) is 0. The monoisotopic (exact) mass is 182 g/mol. The first-order valence-electron chi connectivity index (χ1n) is 3.46. The van der Waals surface area contributed by atoms with Crippen LogP contribution in [0.1, 0.15) is 0 Å². The van der Waals surface area contributed by atoms with Crippen LogP contribution in [0, 0.1) is 0 Å². The molecule has 0 atom stereocenters. The zero-order chi connectivity index (χ0) is 8.81. The minimum atomic E-state index is 0.548. The molecule has 0 bridgehead atoms. The normalized spacial score (nSPS) is 8.75. The van der Waals surface area contributed by atoms with Gasteiger partial charge < -0.3 is 5.32 Å². The fourth-order valence-corrected chi connectivity index (χ4v) is 0.678. The first kappa shape index (κ1) is 8.73. The minimum Gasteiger partial charge on any atom is -0.364 e. The number of hydrazine groups is 1. The van der Waals surface area contributed by atoms with Gasteiger partial charge in [0.25, 0.3) is 0 Å². The molecule has 0 amide bonds. The van der Waals surface area contributed by atoms with Crippen molar-refractivity contribution in [2.45, 2.75) is 0 Å². The van der Waals surface area contributed by atoms with Gasteiger partial charge in [-0.2, -0.15) is 0 Å². The molecule has 0 aromatic carbocycles. The number of hydrogen-bond donors (Lipinski definition) is 3. The number of thiocarbonyl (C=S) groups is 1. The highest BCUT2D eigenvalue weighted by molar-refractivity contribution is 7.80. The van der Waals surface area contributed by atoms with Crippen molar-refractivity contribution in [3.8, 4) is 0 Å². The Bertz CT molecular complexity index is 249. The van der Waals surface area contributed by atoms with Crippen LogP contribution in [0.2, 0.25) is 0 Å². The molecule has 0 radical (unpaired) electrons. The molecule has 1 aromatic heterocycles. The van der Waals surface area contributed by atoms with Crippen LogP contribution in [-0.2, 0) is 0 Å². The number of aromatic nitrogens is 1. The zero-order valence-electron chi connectivity index (χ0n) is 6.66. The molecular formula is C7H10N4S. The zero-order valence-corrected chi connectivity index (χ0v) is 7.48. The van der Waals surface area contributed by atoms with Gasteiger partial charge in [0.05, 0.1) is 5.69 Å². The lowest BCUT2D eigenvalue weighted by Crippen LogP contribution is -2.36. The van der Waals surface area contributed by atoms with Crippen molar-refractivity contribution in [3.63, 3.8) is 0 Å². The molecular weight excluding hydrogens is 172 g/mol. The summed E-state index contributed by atoms with van der Waals surface area (Å²) in [6, 6.07) is 3.68. The molecule has 0 spiro atoms. The molecule has 0 unspecified atom stereocenters. The Morgan fingerprint density at radius 2 is 2.08 bits per heavy atom. The van der Waals surface area contributed by atoms with E-state index in [1.54, 1.807) is 19.4 Å². The topological polar surface area (TPSA) is 49.0 Å². The summed E-state index contributed by atoms with van der Waals surface area (Å²) in [6.45, 7) is 0. The molecule has 0 aliphatic rings. The summed E-state index contributed by atoms with van der Waals surface area (Å²) in [7, 11) is 1.75. The standard InChI is InChI=1S/C7H10N4S/c1-8-7(12)11-10-6-2-4-9-5-3-6/h2-5H,1H3,(H,9,10)(H2,8,11,12). The van der Waals surface area contributed by atoms with Crippen LogP contribution in [0.15, 0.2) is 24.5 Å². The molecule has 1 aromatic rings. The third kappa shape index (κ3) is 2.71. The van der Waals surface area contributed by atoms with E-state index in [4.69, 9.17) is 12.2 Å². The largest absolute Gasteiger partial charge is 0.364 e. The molecule has 12 heavy (non-hydrogen) atoms. The Morgan fingerprint density at radius 1 is 1.42 bits per heavy atom. The van der Waals surface area contributed by atoms with Gasteiger partial charge in [0, 0.05) is 19.4 Å². The molecule has 3 N–H and O–H groups in total. The second-order valence-electron chi connectivity index (χ2n) is 2.07. The molecule has 0 saturated carbocycles. The smallest absolute Gasteiger partial charge is 0.184 e. The lowest BCUT2D eigenvalue weighted by Gasteiger charge is -2.08. The van der Waals surface area contributed by atoms with E-state index in [0.717, 1.165) is 5.69 Å². The lowest BCUT2D eigenvalue weighted by molar-refractivity contribution is 1.04. The fraction of sp³-hybridized carbons (Fsp3) is 0.143. The molecule has 0 aliphatic carbocycles. The maximum atomic E-state index is 4.85. The number of nitrogens with zero attached hydrogens (tertiary/aromatic N) is 1. The lowest BCUT2D eigenvalue weighted by atomic mass is 10.4. The van der Waals surface area contributed by atoms with E-state index in [-0.39, 0.29) is 0 Å². The summed E-state index contributed by atoms with van der Waals surface area (Å²) < 4.78 is 0. The van der Waals surface area contributed by atoms with Gasteiger partial charge in [-0.1, -0.05) is 0 Å². The van der Waals surface area contributed by atoms with Gasteiger partial charge in [-0.05, 0) is 24.4 Å². The Labute approximate surface area is 76.4 Å². The summed E-state index contributed by atoms with van der Waals surface area (Å²) in [5.41, 5.74) is 6.61. The van der Waals surface area contributed by atoms with Gasteiger partial charge in [-0.25, -0.2) is 0 Å². The molecule has 0 saturated heterocycles. The third-order valence-electron chi connectivity index (χ3n) is 1.23. The maximum Gasteiger partial charge on any atom is 0.184 e. The van der Waals surface area contributed by atoms with Crippen LogP contribution in [0.5, 0.6) is 0 Å². The Morgan fingerprint density at radius 3 is 2.67 bits per heavy atom. The van der Waals surface area contributed by atoms with Crippen molar-refractivity contribution in [3.05, 3.63) is 24.5 Å². The van der Waals surface area contributed by atoms with Crippen molar-refractivity contribution in [2.24, 2.45) is 0 Å². The predicted octanol–water partition coefficient (Wildman–Crippen LogP) is 0.502. The summed E-state index contributed by atoms with van der Waals surface area (Å²) >= 11 is 4.85. The SMILES string of the molecule is CNC(=S)NNc1ccncc1. The van der Waals surface area contributed by atoms with E-state index in [2.05, 4.69) is 21.2 Å². The summed E-state index contributed by atoms with van der Waals surface area (Å²) in [5, 5.41) is 3.33. The van der Waals surface area contributed by atoms with Crippen molar-refractivity contribution in [2.75, 3.05) is 12.5 Å². The van der Waals surface area contributed by atoms with Crippen molar-refractivity contribution in [1.82, 2.24) is 15.7 Å². The molecule has 64 valence electrons. The molecule has 0 fully saturated rings. The molecule has 1 rings (SSSR count). The van der Waals surface area contributed by atoms with Crippen LogP contribution in [0.4, 0.5) is 5.69 Å². The van der Waals surface area contributed by atoms with Crippen LogP contribution in [0.3, 0.4) is 0 Å². The highest BCUT2D eigenvalue weighted by atomic mass is 32.1. The highest BCUT2D eigenvalue weighted by Crippen LogP contribution is 1.99. The fourth-order valence-electron chi connectivity index (χ4n) is 0.627. The Hall–Kier alpha value is -1.36. The van der Waals surface area contributed by atoms with E-state index >= 15 is 0 Å². The molecule has 4 nitrogen and oxygen atoms in total. The van der Waals surface area contributed by atoms with E-state index in [1.165, 1.54) is 0 Å². The third-order valence-corrected chi connectivity index (χ3v) is 1.53. The van der Waals surface area contributed by atoms with Crippen LogP contribution < -0.4 is 16.2 Å². The van der Waals surface area contributed by atoms with E-state index < -0.39 is 0 Å². The van der Waals surface area contributed by atoms with Crippen LogP contribution >= 0.6 is 12.2 Å². The number of anilines is 1. The minimum absolute atomic E-state index is 0.548. The van der Waals surface area contributed by atoms with Gasteiger partial charge in [0.2, 0.25) is 0 Å². The molecule has 0 aliphatic heterocycles.